The monoisotopic (exact) mass is 318 g/mol. The fourth-order valence-corrected chi connectivity index (χ4v) is 5.00. The summed E-state index contributed by atoms with van der Waals surface area (Å²) in [5.41, 5.74) is 1.24. The fourth-order valence-electron chi connectivity index (χ4n) is 3.78. The zero-order valence-corrected chi connectivity index (χ0v) is 14.4. The molecule has 4 heteroatoms. The lowest BCUT2D eigenvalue weighted by molar-refractivity contribution is -0.133. The van der Waals surface area contributed by atoms with Crippen LogP contribution in [0.1, 0.15) is 38.2 Å². The van der Waals surface area contributed by atoms with Gasteiger partial charge in [-0.15, -0.1) is 11.8 Å². The number of piperidine rings is 1. The van der Waals surface area contributed by atoms with Crippen LogP contribution < -0.4 is 0 Å². The second-order valence-corrected chi connectivity index (χ2v) is 7.24. The molecule has 1 fully saturated rings. The molecule has 1 saturated heterocycles. The van der Waals surface area contributed by atoms with Crippen molar-refractivity contribution in [3.05, 3.63) is 29.8 Å². The van der Waals surface area contributed by atoms with Crippen LogP contribution in [0.3, 0.4) is 0 Å². The third-order valence-electron chi connectivity index (χ3n) is 5.10. The topological polar surface area (TPSA) is 23.6 Å². The Bertz CT molecular complexity index is 522. The minimum Gasteiger partial charge on any atom is -0.342 e. The molecule has 3 rings (SSSR count). The van der Waals surface area contributed by atoms with Crippen molar-refractivity contribution in [1.82, 2.24) is 9.80 Å². The number of thioether (sulfide) groups is 1. The Labute approximate surface area is 138 Å². The average molecular weight is 318 g/mol. The molecule has 0 radical (unpaired) electrons. The second kappa shape index (κ2) is 7.05. The van der Waals surface area contributed by atoms with E-state index < -0.39 is 0 Å². The summed E-state index contributed by atoms with van der Waals surface area (Å²) in [7, 11) is 0. The van der Waals surface area contributed by atoms with Gasteiger partial charge in [-0.1, -0.05) is 32.0 Å². The summed E-state index contributed by atoms with van der Waals surface area (Å²) in [5, 5.41) is 0. The molecular formula is C18H26N2OS. The summed E-state index contributed by atoms with van der Waals surface area (Å²) in [6.45, 7) is 8.53. The van der Waals surface area contributed by atoms with Crippen molar-refractivity contribution in [1.29, 1.82) is 0 Å². The molecule has 1 aromatic rings. The molecule has 1 aromatic carbocycles. The molecule has 0 spiro atoms. The quantitative estimate of drug-likeness (QED) is 0.852. The zero-order valence-electron chi connectivity index (χ0n) is 13.6. The molecule has 0 bridgehead atoms. The van der Waals surface area contributed by atoms with Crippen molar-refractivity contribution in [2.75, 3.05) is 31.9 Å². The van der Waals surface area contributed by atoms with Crippen LogP contribution in [-0.4, -0.2) is 53.7 Å². The van der Waals surface area contributed by atoms with Gasteiger partial charge in [-0.2, -0.15) is 0 Å². The second-order valence-electron chi connectivity index (χ2n) is 6.18. The van der Waals surface area contributed by atoms with E-state index in [-0.39, 0.29) is 5.92 Å². The lowest BCUT2D eigenvalue weighted by atomic mass is 9.97. The number of hydrogen-bond acceptors (Lipinski definition) is 3. The van der Waals surface area contributed by atoms with Crippen molar-refractivity contribution in [2.45, 2.75) is 43.5 Å². The van der Waals surface area contributed by atoms with Gasteiger partial charge in [0.1, 0.15) is 0 Å². The molecule has 2 heterocycles. The highest BCUT2D eigenvalue weighted by atomic mass is 32.2. The number of amides is 1. The molecule has 1 amide bonds. The van der Waals surface area contributed by atoms with Crippen molar-refractivity contribution < 1.29 is 4.79 Å². The van der Waals surface area contributed by atoms with Gasteiger partial charge in [0.25, 0.3) is 0 Å². The summed E-state index contributed by atoms with van der Waals surface area (Å²) in [4.78, 5) is 18.8. The summed E-state index contributed by atoms with van der Waals surface area (Å²) in [5.74, 6) is 1.33. The molecule has 0 saturated carbocycles. The molecular weight excluding hydrogens is 292 g/mol. The minimum absolute atomic E-state index is 0.0752. The molecule has 0 unspecified atom stereocenters. The number of nitrogens with zero attached hydrogens (tertiary/aromatic N) is 2. The number of rotatable bonds is 4. The number of fused-ring (bicyclic) bond motifs is 1. The smallest absolute Gasteiger partial charge is 0.231 e. The molecule has 1 atom stereocenters. The Balaban J connectivity index is 1.61. The van der Waals surface area contributed by atoms with Gasteiger partial charge < -0.3 is 9.80 Å². The Kier molecular flexibility index (Phi) is 5.09. The lowest BCUT2D eigenvalue weighted by Gasteiger charge is -2.38. The maximum Gasteiger partial charge on any atom is 0.231 e. The molecule has 0 aliphatic carbocycles. The van der Waals surface area contributed by atoms with E-state index in [0.29, 0.717) is 11.9 Å². The van der Waals surface area contributed by atoms with E-state index in [9.17, 15) is 4.79 Å². The highest BCUT2D eigenvalue weighted by Gasteiger charge is 2.34. The van der Waals surface area contributed by atoms with Crippen molar-refractivity contribution >= 4 is 17.7 Å². The van der Waals surface area contributed by atoms with Crippen molar-refractivity contribution in [2.24, 2.45) is 0 Å². The van der Waals surface area contributed by atoms with Crippen LogP contribution in [-0.2, 0) is 4.79 Å². The Hall–Kier alpha value is -1.00. The molecule has 2 aliphatic rings. The number of carbonyl (C=O) groups excluding carboxylic acids is 1. The van der Waals surface area contributed by atoms with Crippen LogP contribution in [0.4, 0.5) is 0 Å². The van der Waals surface area contributed by atoms with Gasteiger partial charge in [0.15, 0.2) is 0 Å². The van der Waals surface area contributed by atoms with Crippen molar-refractivity contribution in [3.63, 3.8) is 0 Å². The van der Waals surface area contributed by atoms with Gasteiger partial charge in [-0.3, -0.25) is 4.79 Å². The van der Waals surface area contributed by atoms with E-state index in [2.05, 4.69) is 47.9 Å². The third kappa shape index (κ3) is 3.04. The van der Waals surface area contributed by atoms with Gasteiger partial charge in [0.2, 0.25) is 5.91 Å². The normalized spacial score (nSPS) is 22.1. The molecule has 0 N–H and O–H groups in total. The number of hydrogen-bond donors (Lipinski definition) is 0. The van der Waals surface area contributed by atoms with E-state index in [4.69, 9.17) is 0 Å². The Morgan fingerprint density at radius 3 is 2.59 bits per heavy atom. The lowest BCUT2D eigenvalue weighted by Crippen LogP contribution is -2.47. The number of carbonyl (C=O) groups is 1. The van der Waals surface area contributed by atoms with Gasteiger partial charge in [0.05, 0.1) is 5.92 Å². The molecule has 22 heavy (non-hydrogen) atoms. The van der Waals surface area contributed by atoms with Crippen LogP contribution in [0.5, 0.6) is 0 Å². The van der Waals surface area contributed by atoms with Gasteiger partial charge in [-0.25, -0.2) is 0 Å². The van der Waals surface area contributed by atoms with Gasteiger partial charge in [-0.05, 0) is 37.6 Å². The SMILES string of the molecule is CCN(CC)C1CCN(C(=O)[C@@H]2CSc3ccccc32)CC1. The van der Waals surface area contributed by atoms with Crippen LogP contribution in [0.2, 0.25) is 0 Å². The molecule has 3 nitrogen and oxygen atoms in total. The molecule has 2 aliphatic heterocycles. The first kappa shape index (κ1) is 15.9. The van der Waals surface area contributed by atoms with Crippen LogP contribution >= 0.6 is 11.8 Å². The van der Waals surface area contributed by atoms with Crippen molar-refractivity contribution in [3.8, 4) is 0 Å². The average Bonchev–Trinajstić information content (AvgIpc) is 3.00. The van der Waals surface area contributed by atoms with Crippen LogP contribution in [0.25, 0.3) is 0 Å². The van der Waals surface area contributed by atoms with Crippen LogP contribution in [0.15, 0.2) is 29.2 Å². The minimum atomic E-state index is 0.0752. The maximum absolute atomic E-state index is 12.9. The number of benzene rings is 1. The van der Waals surface area contributed by atoms with Crippen LogP contribution in [0, 0.1) is 0 Å². The van der Waals surface area contributed by atoms with E-state index in [1.54, 1.807) is 0 Å². The highest BCUT2D eigenvalue weighted by Crippen LogP contribution is 2.40. The van der Waals surface area contributed by atoms with Gasteiger partial charge >= 0.3 is 0 Å². The first-order valence-electron chi connectivity index (χ1n) is 8.49. The first-order chi connectivity index (χ1) is 10.7. The summed E-state index contributed by atoms with van der Waals surface area (Å²) < 4.78 is 0. The van der Waals surface area contributed by atoms with E-state index in [1.807, 2.05) is 11.8 Å². The molecule has 120 valence electrons. The maximum atomic E-state index is 12.9. The number of likely N-dealkylation sites (tertiary alicyclic amines) is 1. The molecule has 0 aromatic heterocycles. The first-order valence-corrected chi connectivity index (χ1v) is 9.47. The Morgan fingerprint density at radius 1 is 1.23 bits per heavy atom. The predicted molar refractivity (Wildman–Crippen MR) is 92.4 cm³/mol. The van der Waals surface area contributed by atoms with Gasteiger partial charge in [0, 0.05) is 29.8 Å². The predicted octanol–water partition coefficient (Wildman–Crippen LogP) is 3.21. The van der Waals surface area contributed by atoms with E-state index in [1.165, 1.54) is 10.5 Å². The Morgan fingerprint density at radius 2 is 1.91 bits per heavy atom. The highest BCUT2D eigenvalue weighted by molar-refractivity contribution is 7.99. The zero-order chi connectivity index (χ0) is 15.5. The third-order valence-corrected chi connectivity index (χ3v) is 6.29. The van der Waals surface area contributed by atoms with E-state index >= 15 is 0 Å². The largest absolute Gasteiger partial charge is 0.342 e. The summed E-state index contributed by atoms with van der Waals surface area (Å²) >= 11 is 1.83. The summed E-state index contributed by atoms with van der Waals surface area (Å²) in [6, 6.07) is 9.04. The fraction of sp³-hybridized carbons (Fsp3) is 0.611. The standard InChI is InChI=1S/C18H26N2OS/c1-3-19(4-2)14-9-11-20(12-10-14)18(21)16-13-22-17-8-6-5-7-15(16)17/h5-8,14,16H,3-4,9-13H2,1-2H3/t16-/m1/s1. The van der Waals surface area contributed by atoms with E-state index in [0.717, 1.165) is 44.8 Å². The summed E-state index contributed by atoms with van der Waals surface area (Å²) in [6.07, 6.45) is 2.24.